The van der Waals surface area contributed by atoms with Crippen molar-refractivity contribution in [3.05, 3.63) is 50.1 Å². The molecule has 17 heavy (non-hydrogen) atoms. The van der Waals surface area contributed by atoms with Crippen molar-refractivity contribution in [3.63, 3.8) is 0 Å². The summed E-state index contributed by atoms with van der Waals surface area (Å²) in [5.41, 5.74) is 9.40. The topological polar surface area (TPSA) is 38.9 Å². The van der Waals surface area contributed by atoms with Gasteiger partial charge in [-0.3, -0.25) is 0 Å². The summed E-state index contributed by atoms with van der Waals surface area (Å²) >= 11 is 4.75. The minimum Gasteiger partial charge on any atom is -0.323 e. The van der Waals surface area contributed by atoms with Crippen LogP contribution in [-0.2, 0) is 6.42 Å². The summed E-state index contributed by atoms with van der Waals surface area (Å²) in [5.74, 6) is -0.225. The lowest BCUT2D eigenvalue weighted by atomic mass is 10.0. The zero-order valence-corrected chi connectivity index (χ0v) is 11.7. The molecule has 1 heterocycles. The number of thiazole rings is 1. The maximum Gasteiger partial charge on any atom is 0.127 e. The normalized spacial score (nSPS) is 12.7. The van der Waals surface area contributed by atoms with Crippen LogP contribution in [0.5, 0.6) is 0 Å². The Morgan fingerprint density at radius 1 is 1.53 bits per heavy atom. The van der Waals surface area contributed by atoms with Gasteiger partial charge in [-0.15, -0.1) is 11.3 Å². The molecule has 2 N–H and O–H groups in total. The standard InChI is InChI=1S/C12H12BrFN2S/c1-7-12(17-6-16-7)11(15)4-8-2-3-9(13)5-10(8)14/h2-3,5-6,11H,4,15H2,1H3. The van der Waals surface area contributed by atoms with Gasteiger partial charge in [-0.2, -0.15) is 0 Å². The lowest BCUT2D eigenvalue weighted by molar-refractivity contribution is 0.593. The zero-order valence-electron chi connectivity index (χ0n) is 9.28. The van der Waals surface area contributed by atoms with Crippen LogP contribution in [0.15, 0.2) is 28.2 Å². The maximum absolute atomic E-state index is 13.7. The molecular formula is C12H12BrFN2S. The zero-order chi connectivity index (χ0) is 12.4. The molecule has 0 saturated heterocycles. The van der Waals surface area contributed by atoms with Gasteiger partial charge in [-0.25, -0.2) is 9.37 Å². The number of nitrogens with zero attached hydrogens (tertiary/aromatic N) is 1. The third-order valence-corrected chi connectivity index (χ3v) is 4.13. The Labute approximate surface area is 112 Å². The lowest BCUT2D eigenvalue weighted by Gasteiger charge is -2.11. The monoisotopic (exact) mass is 314 g/mol. The van der Waals surface area contributed by atoms with Crippen LogP contribution < -0.4 is 5.73 Å². The fraction of sp³-hybridized carbons (Fsp3) is 0.250. The summed E-state index contributed by atoms with van der Waals surface area (Å²) in [6.45, 7) is 1.92. The Bertz CT molecular complexity index is 527. The molecule has 0 saturated carbocycles. The van der Waals surface area contributed by atoms with Crippen molar-refractivity contribution in [2.24, 2.45) is 5.73 Å². The number of hydrogen-bond acceptors (Lipinski definition) is 3. The fourth-order valence-corrected chi connectivity index (χ4v) is 2.82. The summed E-state index contributed by atoms with van der Waals surface area (Å²) in [7, 11) is 0. The molecule has 0 radical (unpaired) electrons. The van der Waals surface area contributed by atoms with Crippen LogP contribution in [0.3, 0.4) is 0 Å². The van der Waals surface area contributed by atoms with Gasteiger partial charge >= 0.3 is 0 Å². The van der Waals surface area contributed by atoms with Gasteiger partial charge in [0, 0.05) is 15.4 Å². The Balaban J connectivity index is 2.19. The number of halogens is 2. The Kier molecular flexibility index (Phi) is 3.91. The van der Waals surface area contributed by atoms with Gasteiger partial charge < -0.3 is 5.73 Å². The third-order valence-electron chi connectivity index (χ3n) is 2.57. The highest BCUT2D eigenvalue weighted by molar-refractivity contribution is 9.10. The van der Waals surface area contributed by atoms with E-state index >= 15 is 0 Å². The van der Waals surface area contributed by atoms with Crippen LogP contribution in [0.25, 0.3) is 0 Å². The second-order valence-electron chi connectivity index (χ2n) is 3.85. The second kappa shape index (κ2) is 5.25. The first-order valence-electron chi connectivity index (χ1n) is 5.17. The van der Waals surface area contributed by atoms with Gasteiger partial charge in [0.15, 0.2) is 0 Å². The predicted octanol–water partition coefficient (Wildman–Crippen LogP) is 3.60. The molecule has 5 heteroatoms. The van der Waals surface area contributed by atoms with E-state index < -0.39 is 0 Å². The van der Waals surface area contributed by atoms with Crippen LogP contribution in [0.2, 0.25) is 0 Å². The minimum atomic E-state index is -0.225. The molecule has 0 aliphatic rings. The van der Waals surface area contributed by atoms with Gasteiger partial charge in [-0.1, -0.05) is 22.0 Å². The van der Waals surface area contributed by atoms with E-state index in [1.807, 2.05) is 13.0 Å². The number of hydrogen-bond donors (Lipinski definition) is 1. The smallest absolute Gasteiger partial charge is 0.127 e. The summed E-state index contributed by atoms with van der Waals surface area (Å²) in [4.78, 5) is 5.17. The van der Waals surface area contributed by atoms with E-state index in [0.717, 1.165) is 15.0 Å². The molecule has 2 aromatic rings. The summed E-state index contributed by atoms with van der Waals surface area (Å²) in [6.07, 6.45) is 0.488. The van der Waals surface area contributed by atoms with Crippen LogP contribution >= 0.6 is 27.3 Å². The molecule has 0 aliphatic carbocycles. The number of aryl methyl sites for hydroxylation is 1. The third kappa shape index (κ3) is 2.91. The van der Waals surface area contributed by atoms with Crippen LogP contribution in [0.1, 0.15) is 22.2 Å². The van der Waals surface area contributed by atoms with Crippen molar-refractivity contribution in [3.8, 4) is 0 Å². The van der Waals surface area contributed by atoms with Gasteiger partial charge in [0.05, 0.1) is 11.2 Å². The van der Waals surface area contributed by atoms with Crippen LogP contribution in [-0.4, -0.2) is 4.98 Å². The summed E-state index contributed by atoms with van der Waals surface area (Å²) < 4.78 is 14.4. The van der Waals surface area contributed by atoms with Crippen LogP contribution in [0.4, 0.5) is 4.39 Å². The maximum atomic E-state index is 13.7. The van der Waals surface area contributed by atoms with Gasteiger partial charge in [-0.05, 0) is 31.0 Å². The van der Waals surface area contributed by atoms with E-state index in [2.05, 4.69) is 20.9 Å². The van der Waals surface area contributed by atoms with E-state index in [-0.39, 0.29) is 11.9 Å². The van der Waals surface area contributed by atoms with Crippen molar-refractivity contribution in [2.75, 3.05) is 0 Å². The highest BCUT2D eigenvalue weighted by Crippen LogP contribution is 2.25. The van der Waals surface area contributed by atoms with E-state index in [9.17, 15) is 4.39 Å². The first-order chi connectivity index (χ1) is 8.08. The summed E-state index contributed by atoms with van der Waals surface area (Å²) in [5, 5.41) is 0. The quantitative estimate of drug-likeness (QED) is 0.940. The number of benzene rings is 1. The van der Waals surface area contributed by atoms with Gasteiger partial charge in [0.25, 0.3) is 0 Å². The van der Waals surface area contributed by atoms with E-state index in [0.29, 0.717) is 12.0 Å². The van der Waals surface area contributed by atoms with Crippen LogP contribution in [0, 0.1) is 12.7 Å². The fourth-order valence-electron chi connectivity index (χ4n) is 1.68. The van der Waals surface area contributed by atoms with E-state index in [4.69, 9.17) is 5.73 Å². The highest BCUT2D eigenvalue weighted by atomic mass is 79.9. The number of nitrogens with two attached hydrogens (primary N) is 1. The molecule has 2 nitrogen and oxygen atoms in total. The molecule has 1 atom stereocenters. The minimum absolute atomic E-state index is 0.196. The lowest BCUT2D eigenvalue weighted by Crippen LogP contribution is -2.14. The van der Waals surface area contributed by atoms with Crippen molar-refractivity contribution in [1.82, 2.24) is 4.98 Å². The molecule has 2 rings (SSSR count). The Hall–Kier alpha value is -0.780. The molecule has 1 unspecified atom stereocenters. The first kappa shape index (κ1) is 12.7. The molecule has 0 bridgehead atoms. The molecule has 0 aliphatic heterocycles. The Morgan fingerprint density at radius 3 is 2.88 bits per heavy atom. The first-order valence-corrected chi connectivity index (χ1v) is 6.84. The average molecular weight is 315 g/mol. The average Bonchev–Trinajstić information content (AvgIpc) is 2.68. The molecule has 0 fully saturated rings. The SMILES string of the molecule is Cc1ncsc1C(N)Cc1ccc(Br)cc1F. The largest absolute Gasteiger partial charge is 0.323 e. The van der Waals surface area contributed by atoms with Gasteiger partial charge in [0.1, 0.15) is 5.82 Å². The second-order valence-corrected chi connectivity index (χ2v) is 5.65. The van der Waals surface area contributed by atoms with Gasteiger partial charge in [0.2, 0.25) is 0 Å². The molecular weight excluding hydrogens is 303 g/mol. The molecule has 1 aromatic carbocycles. The van der Waals surface area contributed by atoms with E-state index in [1.165, 1.54) is 17.4 Å². The van der Waals surface area contributed by atoms with Crippen molar-refractivity contribution >= 4 is 27.3 Å². The molecule has 90 valence electrons. The highest BCUT2D eigenvalue weighted by Gasteiger charge is 2.14. The van der Waals surface area contributed by atoms with Crippen molar-refractivity contribution in [1.29, 1.82) is 0 Å². The van der Waals surface area contributed by atoms with Crippen molar-refractivity contribution < 1.29 is 4.39 Å². The molecule has 0 spiro atoms. The Morgan fingerprint density at radius 2 is 2.29 bits per heavy atom. The predicted molar refractivity (Wildman–Crippen MR) is 71.6 cm³/mol. The number of rotatable bonds is 3. The number of aromatic nitrogens is 1. The molecule has 0 amide bonds. The van der Waals surface area contributed by atoms with Crippen molar-refractivity contribution in [2.45, 2.75) is 19.4 Å². The molecule has 1 aromatic heterocycles. The summed E-state index contributed by atoms with van der Waals surface area (Å²) in [6, 6.07) is 4.85. The van der Waals surface area contributed by atoms with E-state index in [1.54, 1.807) is 11.6 Å².